The van der Waals surface area contributed by atoms with E-state index in [-0.39, 0.29) is 11.4 Å². The second-order valence-corrected chi connectivity index (χ2v) is 1.94. The summed E-state index contributed by atoms with van der Waals surface area (Å²) in [5.74, 6) is 0.750. The van der Waals surface area contributed by atoms with Gasteiger partial charge in [0.05, 0.1) is 5.88 Å². The minimum atomic E-state index is -0.161. The first-order valence-electron chi connectivity index (χ1n) is 2.46. The molecule has 50 valence electrons. The number of nitrogens with zero attached hydrogens (tertiary/aromatic N) is 1. The molecule has 1 rings (SSSR count). The van der Waals surface area contributed by atoms with Gasteiger partial charge < -0.3 is 4.52 Å². The standard InChI is InChI=1S/C5H6ClNO2/c1-7-5(8)2-4(3-6)9-7/h2H,3H2,1H3. The van der Waals surface area contributed by atoms with Crippen molar-refractivity contribution in [2.45, 2.75) is 5.88 Å². The van der Waals surface area contributed by atoms with E-state index in [4.69, 9.17) is 16.1 Å². The molecule has 0 saturated heterocycles. The van der Waals surface area contributed by atoms with E-state index < -0.39 is 0 Å². The monoisotopic (exact) mass is 147 g/mol. The Bertz CT molecular complexity index is 250. The summed E-state index contributed by atoms with van der Waals surface area (Å²) in [6.45, 7) is 0. The normalized spacial score (nSPS) is 10.0. The molecule has 0 aliphatic carbocycles. The molecule has 0 saturated carbocycles. The summed E-state index contributed by atoms with van der Waals surface area (Å²) in [6.07, 6.45) is 0. The van der Waals surface area contributed by atoms with E-state index in [1.165, 1.54) is 6.07 Å². The molecule has 0 atom stereocenters. The Labute approximate surface area is 56.8 Å². The molecule has 0 spiro atoms. The predicted molar refractivity (Wildman–Crippen MR) is 33.5 cm³/mol. The summed E-state index contributed by atoms with van der Waals surface area (Å²) in [5.41, 5.74) is -0.161. The van der Waals surface area contributed by atoms with Gasteiger partial charge in [-0.3, -0.25) is 4.79 Å². The summed E-state index contributed by atoms with van der Waals surface area (Å²) in [5, 5.41) is 0. The van der Waals surface area contributed by atoms with Crippen molar-refractivity contribution in [3.8, 4) is 0 Å². The molecule has 4 heteroatoms. The van der Waals surface area contributed by atoms with Crippen LogP contribution in [-0.4, -0.2) is 4.74 Å². The van der Waals surface area contributed by atoms with Gasteiger partial charge in [0.1, 0.15) is 0 Å². The number of rotatable bonds is 1. The van der Waals surface area contributed by atoms with Gasteiger partial charge in [-0.15, -0.1) is 11.6 Å². The molecular weight excluding hydrogens is 142 g/mol. The summed E-state index contributed by atoms with van der Waals surface area (Å²) in [6, 6.07) is 1.37. The quantitative estimate of drug-likeness (QED) is 0.549. The van der Waals surface area contributed by atoms with Gasteiger partial charge >= 0.3 is 0 Å². The number of hydrogen-bond donors (Lipinski definition) is 0. The highest BCUT2D eigenvalue weighted by Crippen LogP contribution is 1.97. The molecule has 0 radical (unpaired) electrons. The molecule has 0 bridgehead atoms. The molecule has 0 aliphatic heterocycles. The van der Waals surface area contributed by atoms with E-state index in [0.717, 1.165) is 4.74 Å². The summed E-state index contributed by atoms with van der Waals surface area (Å²) in [7, 11) is 1.54. The smallest absolute Gasteiger partial charge is 0.282 e. The van der Waals surface area contributed by atoms with Gasteiger partial charge in [-0.2, -0.15) is 4.74 Å². The molecule has 9 heavy (non-hydrogen) atoms. The fourth-order valence-corrected chi connectivity index (χ4v) is 0.665. The lowest BCUT2D eigenvalue weighted by molar-refractivity contribution is 0.281. The van der Waals surface area contributed by atoms with Crippen LogP contribution in [0.1, 0.15) is 5.76 Å². The second kappa shape index (κ2) is 2.27. The van der Waals surface area contributed by atoms with Crippen molar-refractivity contribution in [3.63, 3.8) is 0 Å². The van der Waals surface area contributed by atoms with E-state index in [2.05, 4.69) is 0 Å². The summed E-state index contributed by atoms with van der Waals surface area (Å²) >= 11 is 5.37. The fraction of sp³-hybridized carbons (Fsp3) is 0.400. The topological polar surface area (TPSA) is 35.1 Å². The van der Waals surface area contributed by atoms with Crippen LogP contribution in [0.15, 0.2) is 15.4 Å². The third-order valence-electron chi connectivity index (χ3n) is 0.981. The molecule has 0 fully saturated rings. The van der Waals surface area contributed by atoms with Crippen molar-refractivity contribution >= 4 is 11.6 Å². The maximum absolute atomic E-state index is 10.6. The van der Waals surface area contributed by atoms with Gasteiger partial charge in [-0.05, 0) is 0 Å². The van der Waals surface area contributed by atoms with Crippen molar-refractivity contribution in [3.05, 3.63) is 22.2 Å². The Hall–Kier alpha value is -0.700. The summed E-state index contributed by atoms with van der Waals surface area (Å²) in [4.78, 5) is 10.6. The van der Waals surface area contributed by atoms with Crippen molar-refractivity contribution in [1.29, 1.82) is 0 Å². The van der Waals surface area contributed by atoms with Crippen LogP contribution in [0.4, 0.5) is 0 Å². The van der Waals surface area contributed by atoms with Crippen LogP contribution >= 0.6 is 11.6 Å². The highest BCUT2D eigenvalue weighted by atomic mass is 35.5. The second-order valence-electron chi connectivity index (χ2n) is 1.67. The van der Waals surface area contributed by atoms with Crippen LogP contribution in [0.2, 0.25) is 0 Å². The molecule has 0 amide bonds. The van der Waals surface area contributed by atoms with Gasteiger partial charge in [0, 0.05) is 13.1 Å². The molecule has 1 aromatic heterocycles. The first-order valence-corrected chi connectivity index (χ1v) is 2.99. The molecule has 1 aromatic rings. The van der Waals surface area contributed by atoms with Crippen LogP contribution in [0, 0.1) is 0 Å². The van der Waals surface area contributed by atoms with Crippen LogP contribution in [0.25, 0.3) is 0 Å². The molecular formula is C5H6ClNO2. The maximum Gasteiger partial charge on any atom is 0.282 e. The van der Waals surface area contributed by atoms with Gasteiger partial charge in [0.15, 0.2) is 5.76 Å². The largest absolute Gasteiger partial charge is 0.380 e. The fourth-order valence-electron chi connectivity index (χ4n) is 0.539. The van der Waals surface area contributed by atoms with Crippen molar-refractivity contribution in [2.24, 2.45) is 7.05 Å². The lowest BCUT2D eigenvalue weighted by atomic mass is 10.5. The molecule has 1 heterocycles. The number of aryl methyl sites for hydroxylation is 1. The van der Waals surface area contributed by atoms with Gasteiger partial charge in [0.2, 0.25) is 0 Å². The van der Waals surface area contributed by atoms with E-state index in [0.29, 0.717) is 5.76 Å². The third-order valence-corrected chi connectivity index (χ3v) is 1.24. The molecule has 0 unspecified atom stereocenters. The van der Waals surface area contributed by atoms with E-state index in [9.17, 15) is 4.79 Å². The Morgan fingerprint density at radius 1 is 1.89 bits per heavy atom. The summed E-state index contributed by atoms with van der Waals surface area (Å²) < 4.78 is 5.97. The van der Waals surface area contributed by atoms with Gasteiger partial charge in [0.25, 0.3) is 5.56 Å². The number of halogens is 1. The number of aromatic nitrogens is 1. The minimum Gasteiger partial charge on any atom is -0.380 e. The van der Waals surface area contributed by atoms with Crippen LogP contribution < -0.4 is 5.56 Å². The zero-order valence-electron chi connectivity index (χ0n) is 4.93. The zero-order chi connectivity index (χ0) is 6.85. The molecule has 3 nitrogen and oxygen atoms in total. The average Bonchev–Trinajstić information content (AvgIpc) is 2.13. The first kappa shape index (κ1) is 6.42. The SMILES string of the molecule is Cn1oc(CCl)cc1=O. The van der Waals surface area contributed by atoms with E-state index in [1.807, 2.05) is 0 Å². The third kappa shape index (κ3) is 1.16. The van der Waals surface area contributed by atoms with Gasteiger partial charge in [-0.25, -0.2) is 0 Å². The Balaban J connectivity index is 3.13. The lowest BCUT2D eigenvalue weighted by Crippen LogP contribution is -2.06. The van der Waals surface area contributed by atoms with E-state index >= 15 is 0 Å². The molecule has 0 aliphatic rings. The highest BCUT2D eigenvalue weighted by Gasteiger charge is 1.98. The van der Waals surface area contributed by atoms with Crippen LogP contribution in [0.3, 0.4) is 0 Å². The lowest BCUT2D eigenvalue weighted by Gasteiger charge is -1.83. The highest BCUT2D eigenvalue weighted by molar-refractivity contribution is 6.16. The number of alkyl halides is 1. The van der Waals surface area contributed by atoms with Crippen LogP contribution in [0.5, 0.6) is 0 Å². The average molecular weight is 148 g/mol. The van der Waals surface area contributed by atoms with Crippen molar-refractivity contribution in [2.75, 3.05) is 0 Å². The molecule has 0 aromatic carbocycles. The molecule has 0 N–H and O–H groups in total. The van der Waals surface area contributed by atoms with Gasteiger partial charge in [-0.1, -0.05) is 0 Å². The maximum atomic E-state index is 10.6. The van der Waals surface area contributed by atoms with Crippen molar-refractivity contribution in [1.82, 2.24) is 4.74 Å². The Kier molecular flexibility index (Phi) is 1.62. The predicted octanol–water partition coefficient (Wildman–Crippen LogP) is 0.717. The van der Waals surface area contributed by atoms with Crippen molar-refractivity contribution < 1.29 is 4.52 Å². The Morgan fingerprint density at radius 3 is 2.78 bits per heavy atom. The van der Waals surface area contributed by atoms with Crippen LogP contribution in [-0.2, 0) is 12.9 Å². The first-order chi connectivity index (χ1) is 4.24. The Morgan fingerprint density at radius 2 is 2.56 bits per heavy atom. The number of hydrogen-bond acceptors (Lipinski definition) is 2. The van der Waals surface area contributed by atoms with E-state index in [1.54, 1.807) is 7.05 Å². The minimum absolute atomic E-state index is 0.161. The zero-order valence-corrected chi connectivity index (χ0v) is 5.68.